The van der Waals surface area contributed by atoms with Crippen LogP contribution in [0.2, 0.25) is 0 Å². The van der Waals surface area contributed by atoms with E-state index in [0.717, 1.165) is 0 Å². The first-order valence-electron chi connectivity index (χ1n) is 6.11. The van der Waals surface area contributed by atoms with E-state index >= 15 is 0 Å². The van der Waals surface area contributed by atoms with E-state index in [1.807, 2.05) is 13.8 Å². The molecule has 0 bridgehead atoms. The van der Waals surface area contributed by atoms with Gasteiger partial charge in [-0.05, 0) is 12.3 Å². The van der Waals surface area contributed by atoms with Gasteiger partial charge in [0.05, 0.1) is 17.1 Å². The number of sulfonamides is 1. The van der Waals surface area contributed by atoms with E-state index in [1.54, 1.807) is 7.05 Å². The molecule has 0 aliphatic rings. The summed E-state index contributed by atoms with van der Waals surface area (Å²) >= 11 is 0. The molecule has 20 heavy (non-hydrogen) atoms. The molecule has 5 nitrogen and oxygen atoms in total. The first-order chi connectivity index (χ1) is 9.00. The van der Waals surface area contributed by atoms with Crippen LogP contribution in [0.5, 0.6) is 0 Å². The Bertz CT molecular complexity index is 550. The molecule has 116 valence electrons. The molecule has 0 radical (unpaired) electrons. The van der Waals surface area contributed by atoms with Crippen molar-refractivity contribution in [3.05, 3.63) is 11.9 Å². The number of rotatable bonds is 6. The SMILES string of the molecule is CC(C)c1nn(C)cc1NS(=O)(=O)CCCC(F)(F)F. The van der Waals surface area contributed by atoms with Gasteiger partial charge in [0.1, 0.15) is 0 Å². The fourth-order valence-electron chi connectivity index (χ4n) is 1.69. The third-order valence-electron chi connectivity index (χ3n) is 2.54. The summed E-state index contributed by atoms with van der Waals surface area (Å²) in [6, 6.07) is 0. The molecule has 0 aliphatic carbocycles. The monoisotopic (exact) mass is 313 g/mol. The minimum Gasteiger partial charge on any atom is -0.280 e. The summed E-state index contributed by atoms with van der Waals surface area (Å²) in [5.41, 5.74) is 0.876. The summed E-state index contributed by atoms with van der Waals surface area (Å²) in [4.78, 5) is 0. The van der Waals surface area contributed by atoms with E-state index in [-0.39, 0.29) is 5.92 Å². The zero-order chi connectivity index (χ0) is 15.6. The zero-order valence-electron chi connectivity index (χ0n) is 11.5. The van der Waals surface area contributed by atoms with Crippen LogP contribution in [0, 0.1) is 0 Å². The van der Waals surface area contributed by atoms with E-state index in [9.17, 15) is 21.6 Å². The van der Waals surface area contributed by atoms with Gasteiger partial charge in [0.2, 0.25) is 10.0 Å². The summed E-state index contributed by atoms with van der Waals surface area (Å²) in [5, 5.41) is 4.12. The number of nitrogens with one attached hydrogen (secondary N) is 1. The molecule has 0 unspecified atom stereocenters. The number of alkyl halides is 3. The van der Waals surface area contributed by atoms with Gasteiger partial charge in [-0.25, -0.2) is 8.42 Å². The Morgan fingerprint density at radius 3 is 2.50 bits per heavy atom. The Kier molecular flexibility index (Phi) is 5.06. The quantitative estimate of drug-likeness (QED) is 0.878. The highest BCUT2D eigenvalue weighted by molar-refractivity contribution is 7.92. The molecule has 0 aromatic carbocycles. The lowest BCUT2D eigenvalue weighted by Crippen LogP contribution is -2.19. The van der Waals surface area contributed by atoms with Crippen molar-refractivity contribution in [2.45, 2.75) is 38.8 Å². The highest BCUT2D eigenvalue weighted by Gasteiger charge is 2.27. The maximum Gasteiger partial charge on any atom is 0.389 e. The molecule has 0 saturated heterocycles. The van der Waals surface area contributed by atoms with Crippen LogP contribution in [-0.4, -0.2) is 30.1 Å². The largest absolute Gasteiger partial charge is 0.389 e. The lowest BCUT2D eigenvalue weighted by atomic mass is 10.1. The Hall–Kier alpha value is -1.25. The minimum absolute atomic E-state index is 0.00377. The maximum atomic E-state index is 12.0. The number of anilines is 1. The molecule has 9 heteroatoms. The van der Waals surface area contributed by atoms with Crippen molar-refractivity contribution in [1.29, 1.82) is 0 Å². The molecule has 0 spiro atoms. The van der Waals surface area contributed by atoms with Crippen LogP contribution in [0.25, 0.3) is 0 Å². The number of halogens is 3. The van der Waals surface area contributed by atoms with Gasteiger partial charge in [0.15, 0.2) is 0 Å². The predicted octanol–water partition coefficient (Wildman–Crippen LogP) is 2.63. The average Bonchev–Trinajstić information content (AvgIpc) is 2.55. The van der Waals surface area contributed by atoms with Crippen molar-refractivity contribution in [2.75, 3.05) is 10.5 Å². The fourth-order valence-corrected chi connectivity index (χ4v) is 2.81. The van der Waals surface area contributed by atoms with Crippen molar-refractivity contribution in [3.8, 4) is 0 Å². The van der Waals surface area contributed by atoms with Crippen LogP contribution in [0.15, 0.2) is 6.20 Å². The summed E-state index contributed by atoms with van der Waals surface area (Å²) in [6.07, 6.45) is -4.42. The van der Waals surface area contributed by atoms with Gasteiger partial charge in [-0.3, -0.25) is 9.40 Å². The second-order valence-electron chi connectivity index (χ2n) is 4.90. The summed E-state index contributed by atoms with van der Waals surface area (Å²) in [5.74, 6) is -0.567. The first kappa shape index (κ1) is 16.8. The summed E-state index contributed by atoms with van der Waals surface area (Å²) in [6.45, 7) is 3.70. The van der Waals surface area contributed by atoms with Gasteiger partial charge < -0.3 is 0 Å². The van der Waals surface area contributed by atoms with Crippen molar-refractivity contribution >= 4 is 15.7 Å². The highest BCUT2D eigenvalue weighted by atomic mass is 32.2. The number of hydrogen-bond donors (Lipinski definition) is 1. The molecule has 0 atom stereocenters. The second kappa shape index (κ2) is 6.02. The van der Waals surface area contributed by atoms with Gasteiger partial charge >= 0.3 is 6.18 Å². The summed E-state index contributed by atoms with van der Waals surface area (Å²) < 4.78 is 63.3. The number of nitrogens with zero attached hydrogens (tertiary/aromatic N) is 2. The lowest BCUT2D eigenvalue weighted by molar-refractivity contribution is -0.134. The Morgan fingerprint density at radius 2 is 2.00 bits per heavy atom. The molecule has 0 saturated carbocycles. The molecule has 1 N–H and O–H groups in total. The molecule has 0 aliphatic heterocycles. The van der Waals surface area contributed by atoms with Crippen LogP contribution in [0.3, 0.4) is 0 Å². The molecule has 0 amide bonds. The smallest absolute Gasteiger partial charge is 0.280 e. The van der Waals surface area contributed by atoms with Crippen molar-refractivity contribution in [1.82, 2.24) is 9.78 Å². The molecular formula is C11H18F3N3O2S. The second-order valence-corrected chi connectivity index (χ2v) is 6.74. The van der Waals surface area contributed by atoms with Gasteiger partial charge in [-0.1, -0.05) is 13.8 Å². The van der Waals surface area contributed by atoms with Gasteiger partial charge in [-0.15, -0.1) is 0 Å². The number of hydrogen-bond acceptors (Lipinski definition) is 3. The Labute approximate surface area is 116 Å². The molecule has 1 heterocycles. The zero-order valence-corrected chi connectivity index (χ0v) is 12.3. The predicted molar refractivity (Wildman–Crippen MR) is 70.0 cm³/mol. The van der Waals surface area contributed by atoms with E-state index in [1.165, 1.54) is 10.9 Å². The lowest BCUT2D eigenvalue weighted by Gasteiger charge is -2.10. The normalized spacial score (nSPS) is 12.9. The number of aromatic nitrogens is 2. The highest BCUT2D eigenvalue weighted by Crippen LogP contribution is 2.24. The minimum atomic E-state index is -4.34. The topological polar surface area (TPSA) is 64.0 Å². The Balaban J connectivity index is 2.72. The van der Waals surface area contributed by atoms with E-state index in [0.29, 0.717) is 11.4 Å². The van der Waals surface area contributed by atoms with Crippen LogP contribution in [0.4, 0.5) is 18.9 Å². The van der Waals surface area contributed by atoms with Gasteiger partial charge in [0.25, 0.3) is 0 Å². The van der Waals surface area contributed by atoms with E-state index in [4.69, 9.17) is 0 Å². The molecule has 1 aromatic rings. The van der Waals surface area contributed by atoms with Crippen molar-refractivity contribution in [3.63, 3.8) is 0 Å². The molecule has 1 rings (SSSR count). The molecule has 1 aromatic heterocycles. The van der Waals surface area contributed by atoms with Gasteiger partial charge in [-0.2, -0.15) is 18.3 Å². The number of aryl methyl sites for hydroxylation is 1. The first-order valence-corrected chi connectivity index (χ1v) is 7.76. The third-order valence-corrected chi connectivity index (χ3v) is 3.90. The van der Waals surface area contributed by atoms with E-state index in [2.05, 4.69) is 9.82 Å². The maximum absolute atomic E-state index is 12.0. The fraction of sp³-hybridized carbons (Fsp3) is 0.727. The summed E-state index contributed by atoms with van der Waals surface area (Å²) in [7, 11) is -2.16. The average molecular weight is 313 g/mol. The Morgan fingerprint density at radius 1 is 1.40 bits per heavy atom. The standard InChI is InChI=1S/C11H18F3N3O2S/c1-8(2)10-9(7-17(3)15-10)16-20(18,19)6-4-5-11(12,13)14/h7-8,16H,4-6H2,1-3H3. The van der Waals surface area contributed by atoms with Crippen LogP contribution in [-0.2, 0) is 17.1 Å². The van der Waals surface area contributed by atoms with Crippen molar-refractivity contribution in [2.24, 2.45) is 7.05 Å². The third kappa shape index (κ3) is 5.40. The van der Waals surface area contributed by atoms with Crippen LogP contribution in [0.1, 0.15) is 38.3 Å². The van der Waals surface area contributed by atoms with Crippen LogP contribution >= 0.6 is 0 Å². The van der Waals surface area contributed by atoms with Gasteiger partial charge in [0, 0.05) is 19.7 Å². The van der Waals surface area contributed by atoms with Crippen molar-refractivity contribution < 1.29 is 21.6 Å². The van der Waals surface area contributed by atoms with E-state index < -0.39 is 34.8 Å². The van der Waals surface area contributed by atoms with Crippen LogP contribution < -0.4 is 4.72 Å². The molecular weight excluding hydrogens is 295 g/mol. The molecule has 0 fully saturated rings.